The van der Waals surface area contributed by atoms with Gasteiger partial charge in [0.2, 0.25) is 5.91 Å². The summed E-state index contributed by atoms with van der Waals surface area (Å²) in [6.45, 7) is 2.96. The molecule has 0 bridgehead atoms. The Kier molecular flexibility index (Phi) is 7.32. The van der Waals surface area contributed by atoms with Crippen LogP contribution < -0.4 is 15.4 Å². The highest BCUT2D eigenvalue weighted by Gasteiger charge is 2.37. The average molecular weight is 441 g/mol. The molecule has 8 nitrogen and oxygen atoms in total. The number of nitrogens with zero attached hydrogens (tertiary/aromatic N) is 2. The first-order valence-corrected chi connectivity index (χ1v) is 11.4. The molecule has 0 radical (unpaired) electrons. The Hall–Kier alpha value is -3.00. The fraction of sp³-hybridized carbons (Fsp3) is 0.500. The number of ether oxygens (including phenoxy) is 1. The number of benzene rings is 1. The van der Waals surface area contributed by atoms with E-state index in [1.807, 2.05) is 41.3 Å². The molecule has 1 aliphatic heterocycles. The smallest absolute Gasteiger partial charge is 0.321 e. The molecule has 1 aromatic heterocycles. The Morgan fingerprint density at radius 1 is 1.09 bits per heavy atom. The first-order valence-electron chi connectivity index (χ1n) is 11.4. The summed E-state index contributed by atoms with van der Waals surface area (Å²) in [6.07, 6.45) is 6.13. The van der Waals surface area contributed by atoms with Gasteiger partial charge >= 0.3 is 6.03 Å². The highest BCUT2D eigenvalue weighted by Crippen LogP contribution is 2.31. The number of amides is 3. The van der Waals surface area contributed by atoms with E-state index in [0.717, 1.165) is 30.0 Å². The van der Waals surface area contributed by atoms with E-state index in [-0.39, 0.29) is 18.0 Å². The minimum absolute atomic E-state index is 0.0597. The molecule has 1 aliphatic carbocycles. The molecule has 1 aromatic carbocycles. The molecule has 8 heteroatoms. The summed E-state index contributed by atoms with van der Waals surface area (Å²) in [5.41, 5.74) is 0.736. The maximum absolute atomic E-state index is 13.1. The molecule has 2 aliphatic rings. The van der Waals surface area contributed by atoms with Crippen molar-refractivity contribution in [3.63, 3.8) is 0 Å². The lowest BCUT2D eigenvalue weighted by Crippen LogP contribution is -2.58. The van der Waals surface area contributed by atoms with Gasteiger partial charge in [-0.15, -0.1) is 0 Å². The molecule has 2 heterocycles. The van der Waals surface area contributed by atoms with Gasteiger partial charge in [0.15, 0.2) is 0 Å². The number of methoxy groups -OCH3 is 1. The number of carbonyl (C=O) groups is 2. The Bertz CT molecular complexity index is 870. The van der Waals surface area contributed by atoms with Crippen LogP contribution in [0.4, 0.5) is 10.5 Å². The van der Waals surface area contributed by atoms with Crippen molar-refractivity contribution in [2.24, 2.45) is 5.92 Å². The highest BCUT2D eigenvalue weighted by atomic mass is 16.5. The van der Waals surface area contributed by atoms with Crippen LogP contribution in [0.1, 0.15) is 31.4 Å². The number of hydrogen-bond acceptors (Lipinski definition) is 5. The standard InChI is InChI=1S/C24H32N4O4/c1-31-20-10-8-19(9-11-20)26-24(30)28-14-12-27(13-15-28)22(18-5-2-3-6-18)23(29)25-17-21-7-4-16-32-21/h4,7-11,16,18,22H,2-3,5-6,12-15,17H2,1H3,(H,25,29)(H,26,30)/t22-/m0/s1. The maximum atomic E-state index is 13.1. The Morgan fingerprint density at radius 3 is 2.44 bits per heavy atom. The number of anilines is 1. The van der Waals surface area contributed by atoms with E-state index in [2.05, 4.69) is 15.5 Å². The van der Waals surface area contributed by atoms with E-state index >= 15 is 0 Å². The molecule has 172 valence electrons. The zero-order chi connectivity index (χ0) is 22.3. The lowest BCUT2D eigenvalue weighted by atomic mass is 9.95. The zero-order valence-electron chi connectivity index (χ0n) is 18.6. The van der Waals surface area contributed by atoms with Gasteiger partial charge < -0.3 is 24.7 Å². The quantitative estimate of drug-likeness (QED) is 0.690. The minimum atomic E-state index is -0.153. The summed E-state index contributed by atoms with van der Waals surface area (Å²) >= 11 is 0. The van der Waals surface area contributed by atoms with Crippen LogP contribution in [-0.4, -0.2) is 61.1 Å². The number of carbonyl (C=O) groups excluding carboxylic acids is 2. The van der Waals surface area contributed by atoms with Crippen LogP contribution in [0.25, 0.3) is 0 Å². The first-order chi connectivity index (χ1) is 15.6. The van der Waals surface area contributed by atoms with E-state index in [0.29, 0.717) is 38.6 Å². The number of hydrogen-bond donors (Lipinski definition) is 2. The zero-order valence-corrected chi connectivity index (χ0v) is 18.6. The number of rotatable bonds is 7. The van der Waals surface area contributed by atoms with Gasteiger partial charge in [-0.3, -0.25) is 9.69 Å². The van der Waals surface area contributed by atoms with Crippen molar-refractivity contribution in [2.75, 3.05) is 38.6 Å². The molecular weight excluding hydrogens is 408 g/mol. The van der Waals surface area contributed by atoms with Gasteiger partial charge in [-0.2, -0.15) is 0 Å². The maximum Gasteiger partial charge on any atom is 0.321 e. The van der Waals surface area contributed by atoms with Gasteiger partial charge in [0, 0.05) is 31.9 Å². The van der Waals surface area contributed by atoms with Crippen molar-refractivity contribution in [1.82, 2.24) is 15.1 Å². The van der Waals surface area contributed by atoms with Gasteiger partial charge in [-0.1, -0.05) is 12.8 Å². The van der Waals surface area contributed by atoms with Crippen molar-refractivity contribution in [1.29, 1.82) is 0 Å². The number of furan rings is 1. The molecule has 2 fully saturated rings. The van der Waals surface area contributed by atoms with E-state index in [4.69, 9.17) is 9.15 Å². The SMILES string of the molecule is COc1ccc(NC(=O)N2CCN([C@H](C(=O)NCc3ccco3)C3CCCC3)CC2)cc1. The van der Waals surface area contributed by atoms with Crippen LogP contribution in [0.15, 0.2) is 47.1 Å². The molecule has 2 N–H and O–H groups in total. The van der Waals surface area contributed by atoms with Crippen LogP contribution in [0, 0.1) is 5.92 Å². The Labute approximate surface area is 188 Å². The van der Waals surface area contributed by atoms with Crippen molar-refractivity contribution >= 4 is 17.6 Å². The molecular formula is C24H32N4O4. The van der Waals surface area contributed by atoms with E-state index in [1.54, 1.807) is 13.4 Å². The third-order valence-electron chi connectivity index (χ3n) is 6.47. The molecule has 0 spiro atoms. The summed E-state index contributed by atoms with van der Waals surface area (Å²) in [7, 11) is 1.61. The molecule has 1 atom stereocenters. The summed E-state index contributed by atoms with van der Waals surface area (Å²) in [6, 6.07) is 10.7. The van der Waals surface area contributed by atoms with Crippen LogP contribution in [0.5, 0.6) is 5.75 Å². The predicted octanol–water partition coefficient (Wildman–Crippen LogP) is 3.31. The van der Waals surface area contributed by atoms with Crippen molar-refractivity contribution in [3.8, 4) is 5.75 Å². The van der Waals surface area contributed by atoms with Gasteiger partial charge in [0.1, 0.15) is 11.5 Å². The third-order valence-corrected chi connectivity index (χ3v) is 6.47. The fourth-order valence-corrected chi connectivity index (χ4v) is 4.72. The number of nitrogens with one attached hydrogen (secondary N) is 2. The summed E-state index contributed by atoms with van der Waals surface area (Å²) < 4.78 is 10.5. The molecule has 32 heavy (non-hydrogen) atoms. The number of piperazine rings is 1. The molecule has 4 rings (SSSR count). The van der Waals surface area contributed by atoms with Gasteiger partial charge in [0.05, 0.1) is 26.0 Å². The molecule has 1 saturated carbocycles. The second-order valence-electron chi connectivity index (χ2n) is 8.47. The monoisotopic (exact) mass is 440 g/mol. The second-order valence-corrected chi connectivity index (χ2v) is 8.47. The van der Waals surface area contributed by atoms with Crippen LogP contribution >= 0.6 is 0 Å². The van der Waals surface area contributed by atoms with Gasteiger partial charge in [0.25, 0.3) is 0 Å². The topological polar surface area (TPSA) is 87.0 Å². The van der Waals surface area contributed by atoms with E-state index in [9.17, 15) is 9.59 Å². The van der Waals surface area contributed by atoms with E-state index in [1.165, 1.54) is 12.8 Å². The largest absolute Gasteiger partial charge is 0.497 e. The van der Waals surface area contributed by atoms with Gasteiger partial charge in [-0.05, 0) is 55.2 Å². The minimum Gasteiger partial charge on any atom is -0.497 e. The van der Waals surface area contributed by atoms with Crippen molar-refractivity contribution in [3.05, 3.63) is 48.4 Å². The van der Waals surface area contributed by atoms with Crippen molar-refractivity contribution in [2.45, 2.75) is 38.3 Å². The van der Waals surface area contributed by atoms with Gasteiger partial charge in [-0.25, -0.2) is 4.79 Å². The normalized spacial score (nSPS) is 18.3. The second kappa shape index (κ2) is 10.5. The summed E-state index contributed by atoms with van der Waals surface area (Å²) in [4.78, 5) is 29.9. The van der Waals surface area contributed by atoms with Crippen molar-refractivity contribution < 1.29 is 18.7 Å². The Morgan fingerprint density at radius 2 is 1.81 bits per heavy atom. The van der Waals surface area contributed by atoms with Crippen LogP contribution in [0.3, 0.4) is 0 Å². The highest BCUT2D eigenvalue weighted by molar-refractivity contribution is 5.89. The predicted molar refractivity (Wildman–Crippen MR) is 121 cm³/mol. The summed E-state index contributed by atoms with van der Waals surface area (Å²) in [5, 5.41) is 6.00. The molecule has 2 aromatic rings. The fourth-order valence-electron chi connectivity index (χ4n) is 4.72. The number of urea groups is 1. The lowest BCUT2D eigenvalue weighted by Gasteiger charge is -2.40. The summed E-state index contributed by atoms with van der Waals surface area (Å²) in [5.74, 6) is 1.93. The average Bonchev–Trinajstić information content (AvgIpc) is 3.53. The van der Waals surface area contributed by atoms with Crippen LogP contribution in [0.2, 0.25) is 0 Å². The van der Waals surface area contributed by atoms with Crippen LogP contribution in [-0.2, 0) is 11.3 Å². The lowest BCUT2D eigenvalue weighted by molar-refractivity contribution is -0.129. The third kappa shape index (κ3) is 5.43. The molecule has 0 unspecified atom stereocenters. The Balaban J connectivity index is 1.32. The molecule has 1 saturated heterocycles. The molecule has 3 amide bonds. The van der Waals surface area contributed by atoms with E-state index < -0.39 is 0 Å². The first kappa shape index (κ1) is 22.2.